The number of ether oxygens (including phenoxy) is 1. The molecule has 0 atom stereocenters. The molecule has 0 bridgehead atoms. The first-order valence-corrected chi connectivity index (χ1v) is 5.40. The molecule has 0 spiro atoms. The van der Waals surface area contributed by atoms with Crippen molar-refractivity contribution < 1.29 is 13.5 Å². The van der Waals surface area contributed by atoms with E-state index in [1.807, 2.05) is 34.6 Å². The normalized spacial score (nSPS) is 10.5. The van der Waals surface area contributed by atoms with Crippen molar-refractivity contribution in [1.29, 1.82) is 0 Å². The van der Waals surface area contributed by atoms with Gasteiger partial charge in [0, 0.05) is 17.7 Å². The molecule has 0 N–H and O–H groups in total. The first-order chi connectivity index (χ1) is 7.36. The molecule has 0 fully saturated rings. The Morgan fingerprint density at radius 1 is 1.06 bits per heavy atom. The molecule has 92 valence electrons. The zero-order valence-electron chi connectivity index (χ0n) is 10.8. The molecule has 0 aromatic heterocycles. The van der Waals surface area contributed by atoms with Crippen LogP contribution >= 0.6 is 0 Å². The molecule has 1 aromatic carbocycles. The maximum Gasteiger partial charge on any atom is 0.133 e. The zero-order valence-corrected chi connectivity index (χ0v) is 10.8. The Balaban J connectivity index is 0.00000106. The van der Waals surface area contributed by atoms with Crippen LogP contribution in [0.15, 0.2) is 12.1 Å². The smallest absolute Gasteiger partial charge is 0.133 e. The van der Waals surface area contributed by atoms with E-state index in [0.717, 1.165) is 6.07 Å². The summed E-state index contributed by atoms with van der Waals surface area (Å²) >= 11 is 0. The summed E-state index contributed by atoms with van der Waals surface area (Å²) < 4.78 is 31.3. The second-order valence-corrected chi connectivity index (χ2v) is 4.21. The molecule has 1 aromatic rings. The summed E-state index contributed by atoms with van der Waals surface area (Å²) in [5.41, 5.74) is 0.00440. The van der Waals surface area contributed by atoms with Gasteiger partial charge < -0.3 is 4.74 Å². The molecular weight excluding hydrogens is 210 g/mol. The highest BCUT2D eigenvalue weighted by atomic mass is 19.1. The average Bonchev–Trinajstić information content (AvgIpc) is 2.17. The lowest BCUT2D eigenvalue weighted by molar-refractivity contribution is 0.383. The average molecular weight is 230 g/mol. The van der Waals surface area contributed by atoms with Crippen molar-refractivity contribution >= 4 is 0 Å². The van der Waals surface area contributed by atoms with Gasteiger partial charge in [-0.15, -0.1) is 0 Å². The molecule has 3 heteroatoms. The fraction of sp³-hybridized carbons (Fsp3) is 0.538. The van der Waals surface area contributed by atoms with Crippen molar-refractivity contribution in [3.05, 3.63) is 29.3 Å². The van der Waals surface area contributed by atoms with Gasteiger partial charge in [0.15, 0.2) is 0 Å². The van der Waals surface area contributed by atoms with Crippen molar-refractivity contribution in [1.82, 2.24) is 0 Å². The summed E-state index contributed by atoms with van der Waals surface area (Å²) in [6.07, 6.45) is 0. The van der Waals surface area contributed by atoms with E-state index in [1.165, 1.54) is 13.2 Å². The highest BCUT2D eigenvalue weighted by Crippen LogP contribution is 2.34. The zero-order chi connectivity index (χ0) is 12.9. The Kier molecular flexibility index (Phi) is 5.42. The lowest BCUT2D eigenvalue weighted by Crippen LogP contribution is -2.15. The summed E-state index contributed by atoms with van der Waals surface area (Å²) in [5, 5.41) is 0. The van der Waals surface area contributed by atoms with Crippen molar-refractivity contribution in [3.63, 3.8) is 0 Å². The van der Waals surface area contributed by atoms with Gasteiger partial charge >= 0.3 is 0 Å². The third-order valence-corrected chi connectivity index (χ3v) is 1.99. The van der Waals surface area contributed by atoms with E-state index in [0.29, 0.717) is 5.56 Å². The van der Waals surface area contributed by atoms with E-state index in [4.69, 9.17) is 4.74 Å². The van der Waals surface area contributed by atoms with E-state index in [-0.39, 0.29) is 5.75 Å². The highest BCUT2D eigenvalue weighted by Gasteiger charge is 2.24. The second-order valence-electron chi connectivity index (χ2n) is 4.21. The third kappa shape index (κ3) is 3.47. The Morgan fingerprint density at radius 3 is 1.94 bits per heavy atom. The number of methoxy groups -OCH3 is 1. The van der Waals surface area contributed by atoms with Crippen molar-refractivity contribution in [2.24, 2.45) is 0 Å². The highest BCUT2D eigenvalue weighted by molar-refractivity contribution is 5.40. The van der Waals surface area contributed by atoms with Gasteiger partial charge in [-0.1, -0.05) is 34.6 Å². The van der Waals surface area contributed by atoms with E-state index in [2.05, 4.69) is 0 Å². The van der Waals surface area contributed by atoms with Crippen LogP contribution in [0.25, 0.3) is 0 Å². The number of hydrogen-bond donors (Lipinski definition) is 0. The van der Waals surface area contributed by atoms with Crippen molar-refractivity contribution in [2.75, 3.05) is 7.11 Å². The fourth-order valence-corrected chi connectivity index (χ4v) is 1.44. The molecule has 1 nitrogen and oxygen atoms in total. The molecule has 1 rings (SSSR count). The van der Waals surface area contributed by atoms with Crippen molar-refractivity contribution in [2.45, 2.75) is 40.0 Å². The van der Waals surface area contributed by atoms with Crippen LogP contribution in [0.5, 0.6) is 5.75 Å². The van der Waals surface area contributed by atoms with Gasteiger partial charge in [-0.2, -0.15) is 0 Å². The molecule has 0 aliphatic rings. The Bertz CT molecular complexity index is 341. The summed E-state index contributed by atoms with van der Waals surface area (Å²) in [6.45, 7) is 9.56. The second kappa shape index (κ2) is 5.83. The number of hydrogen-bond acceptors (Lipinski definition) is 1. The van der Waals surface area contributed by atoms with Crippen LogP contribution in [0.4, 0.5) is 8.78 Å². The molecule has 0 aliphatic carbocycles. The number of benzene rings is 1. The van der Waals surface area contributed by atoms with Gasteiger partial charge in [-0.05, 0) is 5.41 Å². The van der Waals surface area contributed by atoms with Crippen LogP contribution in [-0.2, 0) is 5.41 Å². The Morgan fingerprint density at radius 2 is 1.56 bits per heavy atom. The van der Waals surface area contributed by atoms with E-state index in [1.54, 1.807) is 0 Å². The quantitative estimate of drug-likeness (QED) is 0.699. The first kappa shape index (κ1) is 14.9. The topological polar surface area (TPSA) is 9.23 Å². The fourth-order valence-electron chi connectivity index (χ4n) is 1.44. The minimum atomic E-state index is -0.618. The lowest BCUT2D eigenvalue weighted by Gasteiger charge is -2.22. The maximum absolute atomic E-state index is 13.5. The molecule has 16 heavy (non-hydrogen) atoms. The number of rotatable bonds is 1. The summed E-state index contributed by atoms with van der Waals surface area (Å²) in [5.74, 6) is -0.920. The van der Waals surface area contributed by atoms with Crippen LogP contribution < -0.4 is 4.74 Å². The summed E-state index contributed by atoms with van der Waals surface area (Å²) in [7, 11) is 1.41. The largest absolute Gasteiger partial charge is 0.496 e. The van der Waals surface area contributed by atoms with Gasteiger partial charge in [0.1, 0.15) is 17.4 Å². The molecule has 0 saturated heterocycles. The van der Waals surface area contributed by atoms with Crippen LogP contribution in [0.1, 0.15) is 40.2 Å². The molecule has 0 heterocycles. The Labute approximate surface area is 96.4 Å². The standard InChI is InChI=1S/C11H14F2O.C2H6/c1-11(2,3)10-8(13)5-7(12)6-9(10)14-4;1-2/h5-6H,1-4H3;1-2H3. The van der Waals surface area contributed by atoms with Gasteiger partial charge in [0.2, 0.25) is 0 Å². The van der Waals surface area contributed by atoms with Crippen LogP contribution in [0.2, 0.25) is 0 Å². The van der Waals surface area contributed by atoms with Crippen molar-refractivity contribution in [3.8, 4) is 5.75 Å². The van der Waals surface area contributed by atoms with Crippen LogP contribution in [-0.4, -0.2) is 7.11 Å². The SMILES string of the molecule is CC.COc1cc(F)cc(F)c1C(C)(C)C. The summed E-state index contributed by atoms with van der Waals surface area (Å²) in [4.78, 5) is 0. The minimum absolute atomic E-state index is 0.259. The van der Waals surface area contributed by atoms with Crippen LogP contribution in [0.3, 0.4) is 0 Å². The lowest BCUT2D eigenvalue weighted by atomic mass is 9.86. The van der Waals surface area contributed by atoms with Crippen LogP contribution in [0, 0.1) is 11.6 Å². The summed E-state index contributed by atoms with van der Waals surface area (Å²) in [6, 6.07) is 2.08. The molecular formula is C13H20F2O. The monoisotopic (exact) mass is 230 g/mol. The van der Waals surface area contributed by atoms with Gasteiger partial charge in [0.05, 0.1) is 7.11 Å². The predicted octanol–water partition coefficient (Wildman–Crippen LogP) is 4.30. The van der Waals surface area contributed by atoms with E-state index in [9.17, 15) is 8.78 Å². The third-order valence-electron chi connectivity index (χ3n) is 1.99. The molecule has 0 amide bonds. The predicted molar refractivity (Wildman–Crippen MR) is 63.0 cm³/mol. The van der Waals surface area contributed by atoms with E-state index >= 15 is 0 Å². The van der Waals surface area contributed by atoms with Gasteiger partial charge in [-0.25, -0.2) is 8.78 Å². The van der Waals surface area contributed by atoms with Gasteiger partial charge in [-0.3, -0.25) is 0 Å². The first-order valence-electron chi connectivity index (χ1n) is 5.40. The number of halogens is 2. The Hall–Kier alpha value is -1.12. The molecule has 0 aliphatic heterocycles. The molecule has 0 radical (unpaired) electrons. The minimum Gasteiger partial charge on any atom is -0.496 e. The van der Waals surface area contributed by atoms with Gasteiger partial charge in [0.25, 0.3) is 0 Å². The molecule has 0 unspecified atom stereocenters. The molecule has 0 saturated carbocycles. The van der Waals surface area contributed by atoms with E-state index < -0.39 is 17.0 Å². The maximum atomic E-state index is 13.5.